The minimum Gasteiger partial charge on any atom is -0.325 e. The summed E-state index contributed by atoms with van der Waals surface area (Å²) in [4.78, 5) is 12.2. The molecule has 0 aromatic carbocycles. The normalized spacial score (nSPS) is 26.3. The number of aromatic nitrogens is 1. The summed E-state index contributed by atoms with van der Waals surface area (Å²) < 4.78 is 12.7. The minimum absolute atomic E-state index is 0.286. The van der Waals surface area contributed by atoms with Gasteiger partial charge in [0, 0.05) is 5.92 Å². The Balaban J connectivity index is 1.75. The quantitative estimate of drug-likeness (QED) is 0.695. The van der Waals surface area contributed by atoms with Gasteiger partial charge < -0.3 is 10.6 Å². The van der Waals surface area contributed by atoms with E-state index in [0.29, 0.717) is 11.6 Å². The summed E-state index contributed by atoms with van der Waals surface area (Å²) in [7, 11) is 0. The van der Waals surface area contributed by atoms with Crippen molar-refractivity contribution in [3.63, 3.8) is 0 Å². The highest BCUT2D eigenvalue weighted by atomic mass is 19.1. The van der Waals surface area contributed by atoms with Crippen molar-refractivity contribution in [3.05, 3.63) is 24.3 Å². The van der Waals surface area contributed by atoms with Gasteiger partial charge in [0.1, 0.15) is 0 Å². The molecule has 7 heteroatoms. The lowest BCUT2D eigenvalue weighted by atomic mass is 9.80. The van der Waals surface area contributed by atoms with Gasteiger partial charge in [-0.1, -0.05) is 6.42 Å². The van der Waals surface area contributed by atoms with Gasteiger partial charge in [-0.3, -0.25) is 5.73 Å². The topological polar surface area (TPSA) is 87.7 Å². The van der Waals surface area contributed by atoms with Crippen molar-refractivity contribution in [3.8, 4) is 0 Å². The number of hydrogen-bond donors (Lipinski definition) is 3. The van der Waals surface area contributed by atoms with E-state index in [1.807, 2.05) is 0 Å². The summed E-state index contributed by atoms with van der Waals surface area (Å²) in [5.41, 5.74) is 6.83. The highest BCUT2D eigenvalue weighted by molar-refractivity contribution is 6.01. The summed E-state index contributed by atoms with van der Waals surface area (Å²) in [6, 6.07) is 2.86. The molecule has 2 aliphatic rings. The van der Waals surface area contributed by atoms with Crippen LogP contribution < -0.4 is 16.4 Å². The molecule has 1 aliphatic carbocycles. The van der Waals surface area contributed by atoms with Gasteiger partial charge in [0.15, 0.2) is 0 Å². The number of nitrogens with one attached hydrogen (secondary N) is 2. The van der Waals surface area contributed by atoms with Crippen molar-refractivity contribution in [2.24, 2.45) is 21.6 Å². The summed E-state index contributed by atoms with van der Waals surface area (Å²) in [6.07, 6.45) is 6.20. The van der Waals surface area contributed by atoms with E-state index in [9.17, 15) is 4.39 Å². The molecule has 1 fully saturated rings. The Morgan fingerprint density at radius 2 is 2.26 bits per heavy atom. The van der Waals surface area contributed by atoms with Gasteiger partial charge in [-0.25, -0.2) is 15.0 Å². The first-order valence-electron chi connectivity index (χ1n) is 6.23. The molecule has 1 aromatic rings. The molecule has 0 bridgehead atoms. The van der Waals surface area contributed by atoms with Crippen LogP contribution in [-0.4, -0.2) is 23.1 Å². The molecule has 3 rings (SSSR count). The van der Waals surface area contributed by atoms with Crippen molar-refractivity contribution >= 4 is 18.0 Å². The maximum atomic E-state index is 12.7. The Bertz CT molecular complexity index is 522. The third-order valence-corrected chi connectivity index (χ3v) is 3.46. The van der Waals surface area contributed by atoms with Crippen LogP contribution in [0.3, 0.4) is 0 Å². The Morgan fingerprint density at radius 1 is 1.42 bits per heavy atom. The lowest BCUT2D eigenvalue weighted by molar-refractivity contribution is 0.180. The number of halogens is 1. The molecule has 4 N–H and O–H groups in total. The second-order valence-electron chi connectivity index (χ2n) is 4.77. The summed E-state index contributed by atoms with van der Waals surface area (Å²) in [5.74, 6) is -0.626. The third-order valence-electron chi connectivity index (χ3n) is 3.46. The Labute approximate surface area is 110 Å². The zero-order valence-corrected chi connectivity index (χ0v) is 10.3. The first-order valence-corrected chi connectivity index (χ1v) is 6.23. The number of nitrogens with zero attached hydrogens (tertiary/aromatic N) is 3. The summed E-state index contributed by atoms with van der Waals surface area (Å²) in [5, 5.41) is 5.89. The largest absolute Gasteiger partial charge is 0.325 e. The van der Waals surface area contributed by atoms with Gasteiger partial charge in [-0.15, -0.1) is 0 Å². The van der Waals surface area contributed by atoms with E-state index in [1.54, 1.807) is 12.4 Å². The fourth-order valence-electron chi connectivity index (χ4n) is 2.12. The Morgan fingerprint density at radius 3 is 2.89 bits per heavy atom. The highest BCUT2D eigenvalue weighted by Crippen LogP contribution is 2.36. The van der Waals surface area contributed by atoms with Crippen LogP contribution >= 0.6 is 0 Å². The predicted octanol–water partition coefficient (Wildman–Crippen LogP) is 1.03. The molecular weight excluding hydrogens is 247 g/mol. The number of hydrogen-bond acceptors (Lipinski definition) is 6. The zero-order valence-electron chi connectivity index (χ0n) is 10.3. The molecule has 1 unspecified atom stereocenters. The maximum Gasteiger partial charge on any atom is 0.212 e. The predicted molar refractivity (Wildman–Crippen MR) is 71.1 cm³/mol. The smallest absolute Gasteiger partial charge is 0.212 e. The number of nitrogens with two attached hydrogens (primary N) is 1. The molecule has 1 atom stereocenters. The molecule has 1 aliphatic heterocycles. The van der Waals surface area contributed by atoms with Crippen molar-refractivity contribution in [2.45, 2.75) is 25.0 Å². The number of pyridine rings is 1. The first kappa shape index (κ1) is 12.0. The molecule has 0 radical (unpaired) electrons. The molecule has 100 valence electrons. The molecule has 0 amide bonds. The van der Waals surface area contributed by atoms with E-state index in [-0.39, 0.29) is 5.92 Å². The Kier molecular flexibility index (Phi) is 2.90. The minimum atomic E-state index is -0.890. The van der Waals surface area contributed by atoms with Gasteiger partial charge in [-0.2, -0.15) is 4.39 Å². The number of rotatable bonds is 2. The van der Waals surface area contributed by atoms with E-state index in [1.165, 1.54) is 18.7 Å². The van der Waals surface area contributed by atoms with E-state index in [4.69, 9.17) is 5.73 Å². The van der Waals surface area contributed by atoms with Crippen LogP contribution in [0.25, 0.3) is 0 Å². The standard InChI is InChI=1S/C12H15FN6/c13-10-5-4-9(6-15-10)18-11-16-7-17-12(14,19-11)8-2-1-3-8/h4-8H,1-3,14H2,(H2,16,17,18,19). The summed E-state index contributed by atoms with van der Waals surface area (Å²) in [6.45, 7) is 0. The average molecular weight is 262 g/mol. The third kappa shape index (κ3) is 2.41. The first-order chi connectivity index (χ1) is 9.16. The molecule has 0 saturated heterocycles. The second kappa shape index (κ2) is 4.58. The number of aliphatic imine (C=N–C) groups is 2. The van der Waals surface area contributed by atoms with Crippen molar-refractivity contribution in [1.29, 1.82) is 0 Å². The van der Waals surface area contributed by atoms with Crippen molar-refractivity contribution < 1.29 is 4.39 Å². The molecular formula is C12H15FN6. The molecule has 2 heterocycles. The maximum absolute atomic E-state index is 12.7. The lowest BCUT2D eigenvalue weighted by Gasteiger charge is -2.38. The van der Waals surface area contributed by atoms with Crippen LogP contribution in [0.5, 0.6) is 0 Å². The van der Waals surface area contributed by atoms with Crippen molar-refractivity contribution in [1.82, 2.24) is 10.3 Å². The van der Waals surface area contributed by atoms with Gasteiger partial charge in [0.2, 0.25) is 17.7 Å². The van der Waals surface area contributed by atoms with Gasteiger partial charge in [0.25, 0.3) is 0 Å². The van der Waals surface area contributed by atoms with Crippen LogP contribution in [0, 0.1) is 11.9 Å². The van der Waals surface area contributed by atoms with E-state index < -0.39 is 11.7 Å². The second-order valence-corrected chi connectivity index (χ2v) is 4.77. The fourth-order valence-corrected chi connectivity index (χ4v) is 2.12. The van der Waals surface area contributed by atoms with Crippen LogP contribution in [0.4, 0.5) is 10.1 Å². The van der Waals surface area contributed by atoms with Crippen LogP contribution in [-0.2, 0) is 0 Å². The van der Waals surface area contributed by atoms with E-state index in [0.717, 1.165) is 12.8 Å². The summed E-state index contributed by atoms with van der Waals surface area (Å²) >= 11 is 0. The van der Waals surface area contributed by atoms with Crippen LogP contribution in [0.15, 0.2) is 28.3 Å². The SMILES string of the molecule is NC1(C2CCC2)N=CNC(Nc2ccc(F)nc2)=N1. The lowest BCUT2D eigenvalue weighted by Crippen LogP contribution is -2.52. The van der Waals surface area contributed by atoms with Crippen molar-refractivity contribution in [2.75, 3.05) is 5.32 Å². The van der Waals surface area contributed by atoms with Gasteiger partial charge >= 0.3 is 0 Å². The Hall–Kier alpha value is -2.02. The number of anilines is 1. The molecule has 0 spiro atoms. The molecule has 6 nitrogen and oxygen atoms in total. The van der Waals surface area contributed by atoms with Crippen LogP contribution in [0.1, 0.15) is 19.3 Å². The van der Waals surface area contributed by atoms with E-state index in [2.05, 4.69) is 25.6 Å². The molecule has 1 aromatic heterocycles. The molecule has 19 heavy (non-hydrogen) atoms. The molecule has 1 saturated carbocycles. The highest BCUT2D eigenvalue weighted by Gasteiger charge is 2.39. The monoisotopic (exact) mass is 262 g/mol. The van der Waals surface area contributed by atoms with Crippen LogP contribution in [0.2, 0.25) is 0 Å². The average Bonchev–Trinajstić information content (AvgIpc) is 2.29. The fraction of sp³-hybridized carbons (Fsp3) is 0.417. The number of guanidine groups is 1. The van der Waals surface area contributed by atoms with E-state index >= 15 is 0 Å². The van der Waals surface area contributed by atoms with Gasteiger partial charge in [-0.05, 0) is 25.0 Å². The van der Waals surface area contributed by atoms with Gasteiger partial charge in [0.05, 0.1) is 18.2 Å². The zero-order chi connectivity index (χ0) is 13.3.